The van der Waals surface area contributed by atoms with Gasteiger partial charge >= 0.3 is 0 Å². The zero-order valence-electron chi connectivity index (χ0n) is 10.0. The lowest BCUT2D eigenvalue weighted by Gasteiger charge is -2.09. The first-order valence-electron chi connectivity index (χ1n) is 5.86. The smallest absolute Gasteiger partial charge is 0.132 e. The summed E-state index contributed by atoms with van der Waals surface area (Å²) in [5.41, 5.74) is 0.276. The maximum atomic E-state index is 13.5. The highest BCUT2D eigenvalue weighted by molar-refractivity contribution is 5.29. The topological polar surface area (TPSA) is 49.7 Å². The van der Waals surface area contributed by atoms with E-state index in [0.717, 1.165) is 19.3 Å². The van der Waals surface area contributed by atoms with Crippen LogP contribution in [0.4, 0.5) is 4.39 Å². The van der Waals surface area contributed by atoms with Crippen LogP contribution in [-0.2, 0) is 0 Å². The molecule has 96 valence electrons. The summed E-state index contributed by atoms with van der Waals surface area (Å²) in [5, 5.41) is 17.9. The number of hydrogen-bond acceptors (Lipinski definition) is 3. The molecule has 17 heavy (non-hydrogen) atoms. The van der Waals surface area contributed by atoms with E-state index in [2.05, 4.69) is 0 Å². The molecule has 0 unspecified atom stereocenters. The first-order chi connectivity index (χ1) is 8.15. The Hall–Kier alpha value is -1.13. The van der Waals surface area contributed by atoms with E-state index in [-0.39, 0.29) is 12.2 Å². The second-order valence-electron chi connectivity index (χ2n) is 3.99. The fourth-order valence-corrected chi connectivity index (χ4v) is 1.52. The molecule has 1 atom stereocenters. The van der Waals surface area contributed by atoms with Gasteiger partial charge in [-0.1, -0.05) is 0 Å². The first kappa shape index (κ1) is 13.9. The van der Waals surface area contributed by atoms with Gasteiger partial charge in [-0.05, 0) is 38.3 Å². The number of benzene rings is 1. The second kappa shape index (κ2) is 7.25. The van der Waals surface area contributed by atoms with E-state index >= 15 is 0 Å². The lowest BCUT2D eigenvalue weighted by Crippen LogP contribution is -2.00. The molecule has 0 amide bonds. The van der Waals surface area contributed by atoms with Gasteiger partial charge in [0.1, 0.15) is 11.6 Å². The van der Waals surface area contributed by atoms with Crippen molar-refractivity contribution in [3.05, 3.63) is 29.6 Å². The van der Waals surface area contributed by atoms with Crippen LogP contribution in [0.5, 0.6) is 5.75 Å². The molecule has 0 aliphatic rings. The number of rotatable bonds is 7. The third-order valence-electron chi connectivity index (χ3n) is 2.49. The zero-order valence-corrected chi connectivity index (χ0v) is 10.0. The summed E-state index contributed by atoms with van der Waals surface area (Å²) in [7, 11) is 0. The predicted octanol–water partition coefficient (Wildman–Crippen LogP) is 2.42. The molecule has 1 aromatic carbocycles. The number of unbranched alkanes of at least 4 members (excludes halogenated alkanes) is 2. The zero-order chi connectivity index (χ0) is 12.7. The third kappa shape index (κ3) is 4.71. The van der Waals surface area contributed by atoms with E-state index in [1.54, 1.807) is 6.07 Å². The van der Waals surface area contributed by atoms with Gasteiger partial charge in [0.2, 0.25) is 0 Å². The Labute approximate surface area is 101 Å². The molecule has 0 heterocycles. The quantitative estimate of drug-likeness (QED) is 0.722. The molecule has 0 saturated carbocycles. The van der Waals surface area contributed by atoms with Crippen LogP contribution in [0.15, 0.2) is 18.2 Å². The normalized spacial score (nSPS) is 12.5. The molecule has 0 aliphatic carbocycles. The molecular formula is C13H19FO3. The van der Waals surface area contributed by atoms with Crippen LogP contribution in [0, 0.1) is 5.82 Å². The highest BCUT2D eigenvalue weighted by Crippen LogP contribution is 2.21. The number of aliphatic hydroxyl groups is 2. The summed E-state index contributed by atoms with van der Waals surface area (Å²) in [5.74, 6) is 0.0174. The molecule has 0 aromatic heterocycles. The third-order valence-corrected chi connectivity index (χ3v) is 2.49. The summed E-state index contributed by atoms with van der Waals surface area (Å²) in [6.45, 7) is 2.22. The van der Waals surface area contributed by atoms with Gasteiger partial charge in [-0.3, -0.25) is 0 Å². The minimum atomic E-state index is -0.811. The SMILES string of the molecule is C[C@H](O)c1ccc(OCCCCCO)cc1F. The second-order valence-corrected chi connectivity index (χ2v) is 3.99. The fourth-order valence-electron chi connectivity index (χ4n) is 1.52. The van der Waals surface area contributed by atoms with E-state index in [9.17, 15) is 9.50 Å². The predicted molar refractivity (Wildman–Crippen MR) is 63.5 cm³/mol. The summed E-state index contributed by atoms with van der Waals surface area (Å²) in [4.78, 5) is 0. The summed E-state index contributed by atoms with van der Waals surface area (Å²) in [6.07, 6.45) is 1.68. The highest BCUT2D eigenvalue weighted by Gasteiger charge is 2.08. The Morgan fingerprint density at radius 3 is 2.65 bits per heavy atom. The van der Waals surface area contributed by atoms with Crippen molar-refractivity contribution in [2.75, 3.05) is 13.2 Å². The van der Waals surface area contributed by atoms with E-state index < -0.39 is 11.9 Å². The largest absolute Gasteiger partial charge is 0.493 e. The average molecular weight is 242 g/mol. The maximum Gasteiger partial charge on any atom is 0.132 e. The van der Waals surface area contributed by atoms with Crippen LogP contribution in [-0.4, -0.2) is 23.4 Å². The van der Waals surface area contributed by atoms with Crippen molar-refractivity contribution in [1.82, 2.24) is 0 Å². The Kier molecular flexibility index (Phi) is 5.94. The number of halogens is 1. The highest BCUT2D eigenvalue weighted by atomic mass is 19.1. The monoisotopic (exact) mass is 242 g/mol. The van der Waals surface area contributed by atoms with Gasteiger partial charge in [-0.25, -0.2) is 4.39 Å². The lowest BCUT2D eigenvalue weighted by atomic mass is 10.1. The van der Waals surface area contributed by atoms with Crippen molar-refractivity contribution in [3.8, 4) is 5.75 Å². The molecule has 0 saturated heterocycles. The fraction of sp³-hybridized carbons (Fsp3) is 0.538. The Balaban J connectivity index is 2.42. The molecular weight excluding hydrogens is 223 g/mol. The van der Waals surface area contributed by atoms with Gasteiger partial charge in [0.05, 0.1) is 12.7 Å². The molecule has 3 nitrogen and oxygen atoms in total. The molecule has 4 heteroatoms. The van der Waals surface area contributed by atoms with Crippen LogP contribution >= 0.6 is 0 Å². The molecule has 1 rings (SSSR count). The minimum absolute atomic E-state index is 0.192. The van der Waals surface area contributed by atoms with Crippen molar-refractivity contribution in [2.24, 2.45) is 0 Å². The van der Waals surface area contributed by atoms with Crippen LogP contribution in [0.25, 0.3) is 0 Å². The number of aliphatic hydroxyl groups excluding tert-OH is 2. The molecule has 0 aliphatic heterocycles. The van der Waals surface area contributed by atoms with E-state index in [1.807, 2.05) is 0 Å². The molecule has 1 aromatic rings. The van der Waals surface area contributed by atoms with Crippen molar-refractivity contribution in [2.45, 2.75) is 32.3 Å². The Morgan fingerprint density at radius 1 is 1.29 bits per heavy atom. The Bertz CT molecular complexity index is 339. The van der Waals surface area contributed by atoms with Crippen molar-refractivity contribution in [1.29, 1.82) is 0 Å². The van der Waals surface area contributed by atoms with Crippen molar-refractivity contribution >= 4 is 0 Å². The number of hydrogen-bond donors (Lipinski definition) is 2. The molecule has 0 bridgehead atoms. The standard InChI is InChI=1S/C13H19FO3/c1-10(16)12-6-5-11(9-13(12)14)17-8-4-2-3-7-15/h5-6,9-10,15-16H,2-4,7-8H2,1H3/t10-/m0/s1. The van der Waals surface area contributed by atoms with Crippen LogP contribution < -0.4 is 4.74 Å². The van der Waals surface area contributed by atoms with Gasteiger partial charge in [-0.15, -0.1) is 0 Å². The first-order valence-corrected chi connectivity index (χ1v) is 5.86. The molecule has 2 N–H and O–H groups in total. The van der Waals surface area contributed by atoms with Gasteiger partial charge < -0.3 is 14.9 Å². The van der Waals surface area contributed by atoms with Crippen LogP contribution in [0.1, 0.15) is 37.9 Å². The lowest BCUT2D eigenvalue weighted by molar-refractivity contribution is 0.194. The van der Waals surface area contributed by atoms with E-state index in [4.69, 9.17) is 9.84 Å². The number of ether oxygens (including phenoxy) is 1. The Morgan fingerprint density at radius 2 is 2.06 bits per heavy atom. The van der Waals surface area contributed by atoms with Gasteiger partial charge in [0.15, 0.2) is 0 Å². The maximum absolute atomic E-state index is 13.5. The van der Waals surface area contributed by atoms with Gasteiger partial charge in [-0.2, -0.15) is 0 Å². The van der Waals surface area contributed by atoms with E-state index in [0.29, 0.717) is 12.4 Å². The van der Waals surface area contributed by atoms with Gasteiger partial charge in [0, 0.05) is 18.2 Å². The van der Waals surface area contributed by atoms with Gasteiger partial charge in [0.25, 0.3) is 0 Å². The molecule has 0 fully saturated rings. The summed E-state index contributed by atoms with van der Waals surface area (Å²) < 4.78 is 18.8. The van der Waals surface area contributed by atoms with Crippen molar-refractivity contribution in [3.63, 3.8) is 0 Å². The van der Waals surface area contributed by atoms with Crippen LogP contribution in [0.2, 0.25) is 0 Å². The summed E-state index contributed by atoms with van der Waals surface area (Å²) >= 11 is 0. The van der Waals surface area contributed by atoms with Crippen LogP contribution in [0.3, 0.4) is 0 Å². The minimum Gasteiger partial charge on any atom is -0.493 e. The average Bonchev–Trinajstić information content (AvgIpc) is 2.28. The summed E-state index contributed by atoms with van der Waals surface area (Å²) in [6, 6.07) is 4.47. The molecule has 0 spiro atoms. The molecule has 0 radical (unpaired) electrons. The van der Waals surface area contributed by atoms with Crippen molar-refractivity contribution < 1.29 is 19.3 Å². The van der Waals surface area contributed by atoms with E-state index in [1.165, 1.54) is 19.1 Å².